The minimum atomic E-state index is -0.729. The number of carbonyl (C=O) groups excluding carboxylic acids is 2. The van der Waals surface area contributed by atoms with Gasteiger partial charge in [0.05, 0.1) is 12.5 Å². The second-order valence-corrected chi connectivity index (χ2v) is 6.57. The SMILES string of the molecule is CC(C)(C)OC(=O)C[C@@H]1C(=O)C[C@H](O)[C@H]1c1ccccc1. The van der Waals surface area contributed by atoms with Crippen LogP contribution >= 0.6 is 0 Å². The third-order valence-corrected chi connectivity index (χ3v) is 3.66. The molecule has 0 amide bonds. The predicted molar refractivity (Wildman–Crippen MR) is 78.8 cm³/mol. The number of ether oxygens (including phenoxy) is 1. The minimum absolute atomic E-state index is 0.0206. The molecule has 0 bridgehead atoms. The van der Waals surface area contributed by atoms with Crippen LogP contribution in [0.15, 0.2) is 30.3 Å². The zero-order valence-electron chi connectivity index (χ0n) is 12.7. The van der Waals surface area contributed by atoms with Crippen molar-refractivity contribution in [3.63, 3.8) is 0 Å². The quantitative estimate of drug-likeness (QED) is 0.869. The second-order valence-electron chi connectivity index (χ2n) is 6.57. The fourth-order valence-electron chi connectivity index (χ4n) is 2.89. The highest BCUT2D eigenvalue weighted by Crippen LogP contribution is 2.39. The first-order chi connectivity index (χ1) is 9.78. The van der Waals surface area contributed by atoms with Crippen LogP contribution in [0.5, 0.6) is 0 Å². The van der Waals surface area contributed by atoms with Crippen molar-refractivity contribution in [2.24, 2.45) is 5.92 Å². The summed E-state index contributed by atoms with van der Waals surface area (Å²) in [6.07, 6.45) is -0.605. The van der Waals surface area contributed by atoms with Crippen LogP contribution in [-0.4, -0.2) is 28.6 Å². The van der Waals surface area contributed by atoms with Crippen molar-refractivity contribution in [2.45, 2.75) is 51.2 Å². The maximum Gasteiger partial charge on any atom is 0.307 e. The summed E-state index contributed by atoms with van der Waals surface area (Å²) in [7, 11) is 0. The minimum Gasteiger partial charge on any atom is -0.460 e. The molecule has 114 valence electrons. The van der Waals surface area contributed by atoms with Gasteiger partial charge >= 0.3 is 5.97 Å². The van der Waals surface area contributed by atoms with Gasteiger partial charge in [-0.25, -0.2) is 0 Å². The summed E-state index contributed by atoms with van der Waals surface area (Å²) in [6.45, 7) is 5.39. The summed E-state index contributed by atoms with van der Waals surface area (Å²) in [5.41, 5.74) is 0.323. The van der Waals surface area contributed by atoms with Crippen molar-refractivity contribution in [3.05, 3.63) is 35.9 Å². The summed E-state index contributed by atoms with van der Waals surface area (Å²) < 4.78 is 5.29. The summed E-state index contributed by atoms with van der Waals surface area (Å²) >= 11 is 0. The molecule has 1 aliphatic carbocycles. The van der Waals surface area contributed by atoms with Gasteiger partial charge in [-0.1, -0.05) is 30.3 Å². The molecule has 0 unspecified atom stereocenters. The predicted octanol–water partition coefficient (Wildman–Crippen LogP) is 2.45. The number of esters is 1. The van der Waals surface area contributed by atoms with E-state index in [9.17, 15) is 14.7 Å². The Kier molecular flexibility index (Phi) is 4.47. The summed E-state index contributed by atoms with van der Waals surface area (Å²) in [5.74, 6) is -1.29. The zero-order chi connectivity index (χ0) is 15.6. The van der Waals surface area contributed by atoms with E-state index in [1.165, 1.54) is 0 Å². The van der Waals surface area contributed by atoms with E-state index in [-0.39, 0.29) is 24.5 Å². The van der Waals surface area contributed by atoms with Crippen LogP contribution in [0.1, 0.15) is 45.1 Å². The molecule has 1 aromatic carbocycles. The van der Waals surface area contributed by atoms with E-state index in [0.29, 0.717) is 0 Å². The molecule has 1 aromatic rings. The average Bonchev–Trinajstić information content (AvgIpc) is 2.63. The van der Waals surface area contributed by atoms with Gasteiger partial charge in [-0.15, -0.1) is 0 Å². The standard InChI is InChI=1S/C17H22O4/c1-17(2,3)21-15(20)9-12-13(18)10-14(19)16(12)11-7-5-4-6-8-11/h4-8,12,14,16,19H,9-10H2,1-3H3/t12-,14+,16+/m1/s1. The van der Waals surface area contributed by atoms with E-state index in [4.69, 9.17) is 4.74 Å². The van der Waals surface area contributed by atoms with Gasteiger partial charge in [0, 0.05) is 18.3 Å². The fourth-order valence-corrected chi connectivity index (χ4v) is 2.89. The molecule has 1 fully saturated rings. The molecule has 2 rings (SSSR count). The molecule has 0 spiro atoms. The van der Waals surface area contributed by atoms with Crippen LogP contribution in [0.25, 0.3) is 0 Å². The largest absolute Gasteiger partial charge is 0.460 e. The topological polar surface area (TPSA) is 63.6 Å². The lowest BCUT2D eigenvalue weighted by molar-refractivity contribution is -0.157. The van der Waals surface area contributed by atoms with E-state index < -0.39 is 23.6 Å². The number of benzene rings is 1. The molecule has 0 radical (unpaired) electrons. The van der Waals surface area contributed by atoms with Crippen molar-refractivity contribution < 1.29 is 19.4 Å². The molecule has 0 saturated heterocycles. The van der Waals surface area contributed by atoms with Crippen molar-refractivity contribution in [2.75, 3.05) is 0 Å². The highest BCUT2D eigenvalue weighted by atomic mass is 16.6. The van der Waals surface area contributed by atoms with Crippen LogP contribution in [0, 0.1) is 5.92 Å². The first-order valence-corrected chi connectivity index (χ1v) is 7.25. The van der Waals surface area contributed by atoms with Gasteiger partial charge in [0.1, 0.15) is 11.4 Å². The van der Waals surface area contributed by atoms with E-state index in [2.05, 4.69) is 0 Å². The van der Waals surface area contributed by atoms with E-state index in [1.807, 2.05) is 30.3 Å². The first kappa shape index (κ1) is 15.7. The lowest BCUT2D eigenvalue weighted by Crippen LogP contribution is -2.28. The lowest BCUT2D eigenvalue weighted by atomic mass is 9.85. The van der Waals surface area contributed by atoms with E-state index >= 15 is 0 Å². The highest BCUT2D eigenvalue weighted by Gasteiger charge is 2.43. The summed E-state index contributed by atoms with van der Waals surface area (Å²) in [5, 5.41) is 10.2. The number of carbonyl (C=O) groups is 2. The lowest BCUT2D eigenvalue weighted by Gasteiger charge is -2.24. The third kappa shape index (κ3) is 3.91. The van der Waals surface area contributed by atoms with Gasteiger partial charge in [-0.05, 0) is 26.3 Å². The van der Waals surface area contributed by atoms with Gasteiger partial charge in [0.15, 0.2) is 0 Å². The van der Waals surface area contributed by atoms with Crippen LogP contribution in [-0.2, 0) is 14.3 Å². The molecule has 1 N–H and O–H groups in total. The average molecular weight is 290 g/mol. The molecule has 4 nitrogen and oxygen atoms in total. The number of rotatable bonds is 3. The molecule has 0 aromatic heterocycles. The van der Waals surface area contributed by atoms with Gasteiger partial charge in [-0.2, -0.15) is 0 Å². The monoisotopic (exact) mass is 290 g/mol. The fraction of sp³-hybridized carbons (Fsp3) is 0.529. The number of hydrogen-bond donors (Lipinski definition) is 1. The normalized spacial score (nSPS) is 25.9. The summed E-state index contributed by atoms with van der Waals surface area (Å²) in [4.78, 5) is 24.1. The molecule has 21 heavy (non-hydrogen) atoms. The molecule has 0 aliphatic heterocycles. The molecule has 3 atom stereocenters. The van der Waals surface area contributed by atoms with Gasteiger partial charge in [0.25, 0.3) is 0 Å². The first-order valence-electron chi connectivity index (χ1n) is 7.25. The number of Topliss-reactive ketones (excluding diaryl/α,β-unsaturated/α-hetero) is 1. The molecule has 1 saturated carbocycles. The smallest absolute Gasteiger partial charge is 0.307 e. The van der Waals surface area contributed by atoms with Gasteiger partial charge in [0.2, 0.25) is 0 Å². The molecule has 1 aliphatic rings. The molecular weight excluding hydrogens is 268 g/mol. The van der Waals surface area contributed by atoms with Crippen LogP contribution in [0.2, 0.25) is 0 Å². The van der Waals surface area contributed by atoms with E-state index in [0.717, 1.165) is 5.56 Å². The second kappa shape index (κ2) is 5.98. The van der Waals surface area contributed by atoms with Crippen molar-refractivity contribution in [1.29, 1.82) is 0 Å². The van der Waals surface area contributed by atoms with Crippen LogP contribution in [0.3, 0.4) is 0 Å². The number of aliphatic hydroxyl groups is 1. The zero-order valence-corrected chi connectivity index (χ0v) is 12.7. The molecule has 0 heterocycles. The van der Waals surface area contributed by atoms with Crippen LogP contribution < -0.4 is 0 Å². The maximum absolute atomic E-state index is 12.1. The Balaban J connectivity index is 2.16. The van der Waals surface area contributed by atoms with Gasteiger partial charge in [-0.3, -0.25) is 9.59 Å². The molecular formula is C17H22O4. The molecule has 4 heteroatoms. The number of hydrogen-bond acceptors (Lipinski definition) is 4. The third-order valence-electron chi connectivity index (χ3n) is 3.66. The Labute approximate surface area is 125 Å². The van der Waals surface area contributed by atoms with Crippen molar-refractivity contribution >= 4 is 11.8 Å². The Morgan fingerprint density at radius 3 is 2.48 bits per heavy atom. The Morgan fingerprint density at radius 2 is 1.90 bits per heavy atom. The van der Waals surface area contributed by atoms with Gasteiger partial charge < -0.3 is 9.84 Å². The Hall–Kier alpha value is -1.68. The maximum atomic E-state index is 12.1. The highest BCUT2D eigenvalue weighted by molar-refractivity contribution is 5.89. The van der Waals surface area contributed by atoms with Crippen molar-refractivity contribution in [1.82, 2.24) is 0 Å². The summed E-state index contributed by atoms with van der Waals surface area (Å²) in [6, 6.07) is 9.39. The number of aliphatic hydroxyl groups excluding tert-OH is 1. The Morgan fingerprint density at radius 1 is 1.29 bits per heavy atom. The Bertz CT molecular complexity index is 515. The van der Waals surface area contributed by atoms with Crippen LogP contribution in [0.4, 0.5) is 0 Å². The van der Waals surface area contributed by atoms with E-state index in [1.54, 1.807) is 20.8 Å². The number of ketones is 1. The van der Waals surface area contributed by atoms with Crippen molar-refractivity contribution in [3.8, 4) is 0 Å².